The first-order valence-corrected chi connectivity index (χ1v) is 18.5. The van der Waals surface area contributed by atoms with Gasteiger partial charge in [-0.1, -0.05) is 146 Å². The Hall–Kier alpha value is -6.30. The average molecular weight is 685 g/mol. The van der Waals surface area contributed by atoms with Crippen LogP contribution in [0.2, 0.25) is 0 Å². The van der Waals surface area contributed by atoms with Crippen LogP contribution in [0.4, 0.5) is 11.4 Å². The molecule has 2 unspecified atom stereocenters. The Balaban J connectivity index is 1.11. The zero-order chi connectivity index (χ0) is 34.4. The molecule has 0 saturated heterocycles. The summed E-state index contributed by atoms with van der Waals surface area (Å²) in [5.74, 6) is 2.15. The van der Waals surface area contributed by atoms with Crippen LogP contribution in [0, 0.1) is 0 Å². The smallest absolute Gasteiger partial charge is 0.164 e. The number of fused-ring (bicyclic) bond motifs is 5. The number of aromatic nitrogens is 3. The maximum atomic E-state index is 5.14. The van der Waals surface area contributed by atoms with Crippen LogP contribution in [0.1, 0.15) is 11.5 Å². The van der Waals surface area contributed by atoms with Gasteiger partial charge in [0.05, 0.1) is 5.25 Å². The molecule has 0 bridgehead atoms. The Morgan fingerprint density at radius 1 is 0.481 bits per heavy atom. The zero-order valence-corrected chi connectivity index (χ0v) is 29.0. The Labute approximate surface area is 306 Å². The van der Waals surface area contributed by atoms with Gasteiger partial charge in [0.25, 0.3) is 0 Å². The summed E-state index contributed by atoms with van der Waals surface area (Å²) in [6, 6.07) is 57.8. The number of nitrogens with zero attached hydrogens (tertiary/aromatic N) is 4. The highest BCUT2D eigenvalue weighted by Crippen LogP contribution is 2.55. The van der Waals surface area contributed by atoms with Crippen molar-refractivity contribution < 1.29 is 0 Å². The van der Waals surface area contributed by atoms with Crippen LogP contribution in [-0.2, 0) is 0 Å². The predicted octanol–water partition coefficient (Wildman–Crippen LogP) is 12.0. The number of hydrogen-bond donors (Lipinski definition) is 0. The maximum Gasteiger partial charge on any atom is 0.164 e. The lowest BCUT2D eigenvalue weighted by molar-refractivity contribution is 0.823. The fourth-order valence-electron chi connectivity index (χ4n) is 7.57. The second-order valence-electron chi connectivity index (χ2n) is 13.2. The number of thioether (sulfide) groups is 1. The fourth-order valence-corrected chi connectivity index (χ4v) is 9.05. The molecule has 2 atom stereocenters. The highest BCUT2D eigenvalue weighted by molar-refractivity contribution is 8.00. The van der Waals surface area contributed by atoms with E-state index in [1.165, 1.54) is 37.7 Å². The van der Waals surface area contributed by atoms with Crippen molar-refractivity contribution in [3.05, 3.63) is 193 Å². The minimum atomic E-state index is 0.122. The van der Waals surface area contributed by atoms with E-state index in [-0.39, 0.29) is 11.2 Å². The van der Waals surface area contributed by atoms with E-state index in [4.69, 9.17) is 15.0 Å². The second-order valence-corrected chi connectivity index (χ2v) is 14.4. The quantitative estimate of drug-likeness (QED) is 0.174. The summed E-state index contributed by atoms with van der Waals surface area (Å²) in [6.07, 6.45) is 6.89. The third-order valence-corrected chi connectivity index (χ3v) is 11.4. The molecule has 0 saturated carbocycles. The van der Waals surface area contributed by atoms with Gasteiger partial charge in [-0.3, -0.25) is 0 Å². The van der Waals surface area contributed by atoms with E-state index >= 15 is 0 Å². The SMILES string of the molecule is C1=CC2c3c(cccc3-c3nc(-c4ccccc4)nc(-c4ccccc4)n3)SC2C(N(c2ccc3ccccc3c2)c2ccc3ccccc3c2)=C1. The second kappa shape index (κ2) is 12.8. The first kappa shape index (κ1) is 30.5. The summed E-state index contributed by atoms with van der Waals surface area (Å²) in [7, 11) is 0. The van der Waals surface area contributed by atoms with E-state index in [1.54, 1.807) is 0 Å². The number of allylic oxidation sites excluding steroid dienone is 3. The number of hydrogen-bond acceptors (Lipinski definition) is 5. The molecule has 0 spiro atoms. The predicted molar refractivity (Wildman–Crippen MR) is 216 cm³/mol. The Kier molecular flexibility index (Phi) is 7.51. The molecule has 52 heavy (non-hydrogen) atoms. The maximum absolute atomic E-state index is 5.14. The largest absolute Gasteiger partial charge is 0.313 e. The van der Waals surface area contributed by atoms with Crippen LogP contribution in [-0.4, -0.2) is 20.2 Å². The normalized spacial score (nSPS) is 16.0. The van der Waals surface area contributed by atoms with Crippen LogP contribution < -0.4 is 4.90 Å². The summed E-state index contributed by atoms with van der Waals surface area (Å²) in [5.41, 5.74) is 7.77. The lowest BCUT2D eigenvalue weighted by atomic mass is 9.86. The standard InChI is InChI=1S/C47H32N4S/c1-3-15-33(16-4-1)45-48-46(34-17-5-2-6-18-34)50-47(49-45)40-22-12-24-42-43(40)39-21-11-23-41(44(39)52-42)51(37-27-25-31-13-7-9-19-35(31)29-37)38-28-26-32-14-8-10-20-36(32)30-38/h1-30,39,44H. The molecule has 0 N–H and O–H groups in total. The van der Waals surface area contributed by atoms with Gasteiger partial charge in [0.15, 0.2) is 17.5 Å². The van der Waals surface area contributed by atoms with E-state index in [9.17, 15) is 0 Å². The molecule has 0 fully saturated rings. The van der Waals surface area contributed by atoms with Crippen molar-refractivity contribution in [3.63, 3.8) is 0 Å². The van der Waals surface area contributed by atoms with Crippen molar-refractivity contribution in [2.24, 2.45) is 0 Å². The first-order chi connectivity index (χ1) is 25.8. The minimum Gasteiger partial charge on any atom is -0.313 e. The summed E-state index contributed by atoms with van der Waals surface area (Å²) in [5, 5.41) is 5.04. The van der Waals surface area contributed by atoms with Gasteiger partial charge in [0.1, 0.15) is 0 Å². The van der Waals surface area contributed by atoms with Gasteiger partial charge >= 0.3 is 0 Å². The van der Waals surface area contributed by atoms with Gasteiger partial charge in [0, 0.05) is 44.6 Å². The van der Waals surface area contributed by atoms with Crippen LogP contribution >= 0.6 is 11.8 Å². The molecule has 10 rings (SSSR count). The van der Waals surface area contributed by atoms with Gasteiger partial charge in [-0.15, -0.1) is 11.8 Å². The third kappa shape index (κ3) is 5.38. The van der Waals surface area contributed by atoms with Gasteiger partial charge < -0.3 is 4.90 Å². The fraction of sp³-hybridized carbons (Fsp3) is 0.0426. The van der Waals surface area contributed by atoms with E-state index in [0.717, 1.165) is 28.1 Å². The average Bonchev–Trinajstić information content (AvgIpc) is 3.61. The van der Waals surface area contributed by atoms with Crippen molar-refractivity contribution in [1.82, 2.24) is 15.0 Å². The summed E-state index contributed by atoms with van der Waals surface area (Å²) in [4.78, 5) is 19.0. The lowest BCUT2D eigenvalue weighted by Gasteiger charge is -2.34. The van der Waals surface area contributed by atoms with Gasteiger partial charge in [0.2, 0.25) is 0 Å². The Morgan fingerprint density at radius 2 is 1.02 bits per heavy atom. The molecular formula is C47H32N4S. The van der Waals surface area contributed by atoms with Crippen LogP contribution in [0.25, 0.3) is 55.7 Å². The van der Waals surface area contributed by atoms with Crippen molar-refractivity contribution in [2.45, 2.75) is 16.1 Å². The molecular weight excluding hydrogens is 653 g/mol. The lowest BCUT2D eigenvalue weighted by Crippen LogP contribution is -2.27. The van der Waals surface area contributed by atoms with Crippen molar-refractivity contribution in [3.8, 4) is 34.2 Å². The van der Waals surface area contributed by atoms with E-state index < -0.39 is 0 Å². The monoisotopic (exact) mass is 684 g/mol. The van der Waals surface area contributed by atoms with Crippen molar-refractivity contribution >= 4 is 44.7 Å². The highest BCUT2D eigenvalue weighted by Gasteiger charge is 2.40. The molecule has 2 aliphatic rings. The molecule has 1 aliphatic heterocycles. The van der Waals surface area contributed by atoms with Crippen LogP contribution in [0.5, 0.6) is 0 Å². The Bertz CT molecular complexity index is 2550. The number of anilines is 2. The van der Waals surface area contributed by atoms with E-state index in [0.29, 0.717) is 17.5 Å². The molecule has 8 aromatic rings. The third-order valence-electron chi connectivity index (χ3n) is 10.0. The number of rotatable bonds is 6. The number of benzene rings is 7. The molecule has 4 nitrogen and oxygen atoms in total. The van der Waals surface area contributed by atoms with Gasteiger partial charge in [-0.25, -0.2) is 15.0 Å². The van der Waals surface area contributed by atoms with Crippen LogP contribution in [0.3, 0.4) is 0 Å². The molecule has 1 aromatic heterocycles. The summed E-state index contributed by atoms with van der Waals surface area (Å²) < 4.78 is 0. The molecule has 0 amide bonds. The minimum absolute atomic E-state index is 0.122. The first-order valence-electron chi connectivity index (χ1n) is 17.6. The van der Waals surface area contributed by atoms with E-state index in [1.807, 2.05) is 48.2 Å². The molecule has 2 heterocycles. The van der Waals surface area contributed by atoms with Gasteiger partial charge in [-0.2, -0.15) is 0 Å². The van der Waals surface area contributed by atoms with Crippen molar-refractivity contribution in [2.75, 3.05) is 4.90 Å². The summed E-state index contributed by atoms with van der Waals surface area (Å²) in [6.45, 7) is 0. The molecule has 7 aromatic carbocycles. The molecule has 0 radical (unpaired) electrons. The molecule has 5 heteroatoms. The van der Waals surface area contributed by atoms with E-state index in [2.05, 4.69) is 151 Å². The summed E-state index contributed by atoms with van der Waals surface area (Å²) >= 11 is 1.93. The molecule has 1 aliphatic carbocycles. The van der Waals surface area contributed by atoms with Crippen LogP contribution in [0.15, 0.2) is 193 Å². The topological polar surface area (TPSA) is 41.9 Å². The van der Waals surface area contributed by atoms with Crippen molar-refractivity contribution in [1.29, 1.82) is 0 Å². The highest BCUT2D eigenvalue weighted by atomic mass is 32.2. The van der Waals surface area contributed by atoms with Gasteiger partial charge in [-0.05, 0) is 63.5 Å². The zero-order valence-electron chi connectivity index (χ0n) is 28.2. The molecule has 246 valence electrons. The Morgan fingerprint density at radius 3 is 1.62 bits per heavy atom.